The number of rotatable bonds is 7. The van der Waals surface area contributed by atoms with Crippen LogP contribution in [0.5, 0.6) is 0 Å². The average Bonchev–Trinajstić information content (AvgIpc) is 3.32. The molecule has 3 atom stereocenters. The van der Waals surface area contributed by atoms with Crippen molar-refractivity contribution in [1.29, 1.82) is 0 Å². The number of alkyl halides is 4. The van der Waals surface area contributed by atoms with Gasteiger partial charge >= 0.3 is 12.1 Å². The summed E-state index contributed by atoms with van der Waals surface area (Å²) >= 11 is 0. The van der Waals surface area contributed by atoms with Gasteiger partial charge in [-0.2, -0.15) is 13.2 Å². The molecule has 2 aromatic carbocycles. The van der Waals surface area contributed by atoms with E-state index in [1.807, 2.05) is 16.7 Å². The molecule has 1 amide bonds. The Balaban J connectivity index is 1.57. The highest BCUT2D eigenvalue weighted by Gasteiger charge is 2.57. The van der Waals surface area contributed by atoms with Crippen molar-refractivity contribution in [1.82, 2.24) is 4.90 Å². The minimum Gasteiger partial charge on any atom is -0.481 e. The van der Waals surface area contributed by atoms with Crippen molar-refractivity contribution >= 4 is 17.6 Å². The Morgan fingerprint density at radius 1 is 1.00 bits per heavy atom. The fourth-order valence-corrected chi connectivity index (χ4v) is 7.34. The number of halogens is 5. The second-order valence-corrected chi connectivity index (χ2v) is 12.3. The number of carbonyl (C=O) groups excluding carboxylic acids is 1. The number of fused-ring (bicyclic) bond motifs is 3. The largest absolute Gasteiger partial charge is 0.481 e. The van der Waals surface area contributed by atoms with Gasteiger partial charge in [-0.05, 0) is 81.2 Å². The summed E-state index contributed by atoms with van der Waals surface area (Å²) in [6, 6.07) is 9.93. The summed E-state index contributed by atoms with van der Waals surface area (Å²) in [4.78, 5) is 29.3. The van der Waals surface area contributed by atoms with Crippen LogP contribution in [0.3, 0.4) is 0 Å². The Hall–Kier alpha value is -3.17. The molecule has 3 aliphatic rings. The number of carbonyl (C=O) groups is 2. The summed E-state index contributed by atoms with van der Waals surface area (Å²) in [7, 11) is 0. The Labute approximate surface area is 242 Å². The van der Waals surface area contributed by atoms with Gasteiger partial charge in [-0.3, -0.25) is 9.59 Å². The highest BCUT2D eigenvalue weighted by atomic mass is 19.4. The number of hydrogen-bond acceptors (Lipinski definition) is 3. The van der Waals surface area contributed by atoms with Crippen molar-refractivity contribution < 1.29 is 36.6 Å². The van der Waals surface area contributed by atoms with Crippen LogP contribution in [0, 0.1) is 17.7 Å². The Bertz CT molecular complexity index is 1320. The van der Waals surface area contributed by atoms with Crippen molar-refractivity contribution in [2.45, 2.75) is 82.1 Å². The van der Waals surface area contributed by atoms with Gasteiger partial charge in [0.25, 0.3) is 0 Å². The van der Waals surface area contributed by atoms with Crippen LogP contribution in [-0.2, 0) is 27.1 Å². The number of carboxylic acid groups (broad SMARTS) is 1. The third-order valence-electron chi connectivity index (χ3n) is 9.79. The lowest BCUT2D eigenvalue weighted by atomic mass is 9.66. The van der Waals surface area contributed by atoms with Gasteiger partial charge in [-0.15, -0.1) is 0 Å². The van der Waals surface area contributed by atoms with Crippen LogP contribution in [0.4, 0.5) is 27.6 Å². The van der Waals surface area contributed by atoms with E-state index in [1.165, 1.54) is 24.3 Å². The fourth-order valence-electron chi connectivity index (χ4n) is 7.34. The summed E-state index contributed by atoms with van der Waals surface area (Å²) in [5.74, 6) is -1.97. The van der Waals surface area contributed by atoms with E-state index in [1.54, 1.807) is 18.2 Å². The molecule has 1 saturated carbocycles. The van der Waals surface area contributed by atoms with Gasteiger partial charge < -0.3 is 14.9 Å². The van der Waals surface area contributed by atoms with Gasteiger partial charge in [0, 0.05) is 42.2 Å². The number of carboxylic acids is 1. The van der Waals surface area contributed by atoms with E-state index in [-0.39, 0.29) is 23.7 Å². The van der Waals surface area contributed by atoms with E-state index < -0.39 is 34.7 Å². The fraction of sp³-hybridized carbons (Fsp3) is 0.562. The molecule has 3 unspecified atom stereocenters. The number of amides is 1. The van der Waals surface area contributed by atoms with Gasteiger partial charge in [0.2, 0.25) is 11.6 Å². The number of aliphatic carboxylic acids is 1. The summed E-state index contributed by atoms with van der Waals surface area (Å²) in [6.45, 7) is 3.82. The first kappa shape index (κ1) is 30.3. The summed E-state index contributed by atoms with van der Waals surface area (Å²) in [6.07, 6.45) is -1.53. The lowest BCUT2D eigenvalue weighted by molar-refractivity contribution is -0.228. The first-order valence-corrected chi connectivity index (χ1v) is 14.7. The normalized spacial score (nSPS) is 27.3. The highest BCUT2D eigenvalue weighted by Crippen LogP contribution is 2.53. The van der Waals surface area contributed by atoms with Crippen LogP contribution in [0.25, 0.3) is 0 Å². The van der Waals surface area contributed by atoms with E-state index in [0.717, 1.165) is 11.1 Å². The predicted molar refractivity (Wildman–Crippen MR) is 148 cm³/mol. The third-order valence-corrected chi connectivity index (χ3v) is 9.79. The lowest BCUT2D eigenvalue weighted by Crippen LogP contribution is -2.57. The van der Waals surface area contributed by atoms with E-state index in [0.29, 0.717) is 77.2 Å². The van der Waals surface area contributed by atoms with Gasteiger partial charge in [-0.25, -0.2) is 8.78 Å². The Kier molecular flexibility index (Phi) is 8.04. The van der Waals surface area contributed by atoms with Crippen molar-refractivity contribution in [3.8, 4) is 0 Å². The zero-order valence-electron chi connectivity index (χ0n) is 23.9. The average molecular weight is 593 g/mol. The van der Waals surface area contributed by atoms with Crippen molar-refractivity contribution in [2.75, 3.05) is 24.5 Å². The number of anilines is 1. The van der Waals surface area contributed by atoms with Crippen molar-refractivity contribution in [3.05, 3.63) is 65.0 Å². The van der Waals surface area contributed by atoms with Crippen LogP contribution in [0.1, 0.15) is 69.1 Å². The molecule has 1 N–H and O–H groups in total. The molecular formula is C32H37F5N2O3. The molecule has 2 heterocycles. The van der Waals surface area contributed by atoms with E-state index in [2.05, 4.69) is 0 Å². The van der Waals surface area contributed by atoms with Crippen LogP contribution in [0.15, 0.2) is 42.5 Å². The Morgan fingerprint density at radius 3 is 2.24 bits per heavy atom. The van der Waals surface area contributed by atoms with Crippen LogP contribution >= 0.6 is 0 Å². The zero-order chi connectivity index (χ0) is 30.4. The molecular weight excluding hydrogens is 555 g/mol. The summed E-state index contributed by atoms with van der Waals surface area (Å²) < 4.78 is 70.0. The minimum absolute atomic E-state index is 0.0188. The lowest BCUT2D eigenvalue weighted by Gasteiger charge is -2.49. The molecule has 5 nitrogen and oxygen atoms in total. The molecule has 0 spiro atoms. The number of benzene rings is 2. The SMILES string of the molecule is CCCN1CC2N(C(=O)C3CCC(C(=O)O)CC3)CCC2(Cc2ccc(F)cc2)c2ccc(C(C)(F)C(F)(F)F)cc21. The summed E-state index contributed by atoms with van der Waals surface area (Å²) in [5, 5.41) is 9.40. The van der Waals surface area contributed by atoms with Crippen molar-refractivity contribution in [3.63, 3.8) is 0 Å². The van der Waals surface area contributed by atoms with Gasteiger partial charge in [0.05, 0.1) is 12.0 Å². The van der Waals surface area contributed by atoms with Crippen LogP contribution in [-0.4, -0.2) is 53.7 Å². The maximum Gasteiger partial charge on any atom is 0.426 e. The molecule has 1 aliphatic carbocycles. The molecule has 2 fully saturated rings. The quantitative estimate of drug-likeness (QED) is 0.361. The number of hydrogen-bond donors (Lipinski definition) is 1. The van der Waals surface area contributed by atoms with Crippen LogP contribution in [0.2, 0.25) is 0 Å². The van der Waals surface area contributed by atoms with Crippen LogP contribution < -0.4 is 4.90 Å². The highest BCUT2D eigenvalue weighted by molar-refractivity contribution is 5.81. The molecule has 5 rings (SSSR count). The number of likely N-dealkylation sites (tertiary alicyclic amines) is 1. The van der Waals surface area contributed by atoms with Gasteiger partial charge in [0.15, 0.2) is 0 Å². The van der Waals surface area contributed by atoms with Gasteiger partial charge in [-0.1, -0.05) is 31.2 Å². The minimum atomic E-state index is -5.09. The molecule has 2 aliphatic heterocycles. The maximum atomic E-state index is 15.1. The number of nitrogens with zero attached hydrogens (tertiary/aromatic N) is 2. The predicted octanol–water partition coefficient (Wildman–Crippen LogP) is 6.78. The Morgan fingerprint density at radius 2 is 1.64 bits per heavy atom. The topological polar surface area (TPSA) is 60.9 Å². The van der Waals surface area contributed by atoms with Crippen molar-refractivity contribution in [2.24, 2.45) is 11.8 Å². The molecule has 0 bridgehead atoms. The molecule has 228 valence electrons. The zero-order valence-corrected chi connectivity index (χ0v) is 23.9. The second kappa shape index (κ2) is 11.2. The van der Waals surface area contributed by atoms with E-state index >= 15 is 4.39 Å². The molecule has 2 aromatic rings. The molecule has 0 aromatic heterocycles. The van der Waals surface area contributed by atoms with Gasteiger partial charge in [0.1, 0.15) is 5.82 Å². The molecule has 10 heteroatoms. The monoisotopic (exact) mass is 592 g/mol. The molecule has 0 radical (unpaired) electrons. The molecule has 42 heavy (non-hydrogen) atoms. The smallest absolute Gasteiger partial charge is 0.426 e. The standard InChI is InChI=1S/C32H37F5N2O3/c1-3-15-38-19-27-31(18-20-4-11-24(33)12-5-20,25-13-10-23(17-26(25)38)30(2,34)32(35,36)37)14-16-39(27)28(40)21-6-8-22(9-7-21)29(41)42/h4-5,10-13,17,21-22,27H,3,6-9,14-16,18-19H2,1-2H3,(H,41,42). The molecule has 1 saturated heterocycles. The summed E-state index contributed by atoms with van der Waals surface area (Å²) in [5.41, 5.74) is -2.53. The first-order chi connectivity index (χ1) is 19.8. The first-order valence-electron chi connectivity index (χ1n) is 14.7. The second-order valence-electron chi connectivity index (χ2n) is 12.3. The maximum absolute atomic E-state index is 15.1. The third kappa shape index (κ3) is 5.26. The van der Waals surface area contributed by atoms with E-state index in [9.17, 15) is 32.3 Å². The van der Waals surface area contributed by atoms with E-state index in [4.69, 9.17) is 0 Å².